The number of benzene rings is 1. The Morgan fingerprint density at radius 3 is 2.25 bits per heavy atom. The predicted molar refractivity (Wildman–Crippen MR) is 80.5 cm³/mol. The van der Waals surface area contributed by atoms with E-state index in [1.807, 2.05) is 13.0 Å². The zero-order valence-corrected chi connectivity index (χ0v) is 13.1. The molecular weight excluding hydrogens is 272 g/mol. The van der Waals surface area contributed by atoms with Crippen molar-refractivity contribution in [2.45, 2.75) is 45.4 Å². The Hall–Kier alpha value is -1.38. The van der Waals surface area contributed by atoms with Crippen LogP contribution in [0.1, 0.15) is 44.7 Å². The van der Waals surface area contributed by atoms with Gasteiger partial charge in [0.2, 0.25) is 10.0 Å². The van der Waals surface area contributed by atoms with Gasteiger partial charge in [-0.15, -0.1) is 0 Å². The Kier molecular flexibility index (Phi) is 6.18. The van der Waals surface area contributed by atoms with Crippen molar-refractivity contribution >= 4 is 10.0 Å². The van der Waals surface area contributed by atoms with Gasteiger partial charge in [0.15, 0.2) is 0 Å². The van der Waals surface area contributed by atoms with Gasteiger partial charge in [-0.25, -0.2) is 13.1 Å². The summed E-state index contributed by atoms with van der Waals surface area (Å²) in [5, 5.41) is 8.70. The summed E-state index contributed by atoms with van der Waals surface area (Å²) in [6.07, 6.45) is 1.84. The van der Waals surface area contributed by atoms with Crippen LogP contribution in [0.15, 0.2) is 24.3 Å². The first-order valence-electron chi connectivity index (χ1n) is 6.81. The smallest absolute Gasteiger partial charge is 0.212 e. The SMILES string of the molecule is CC(C)CCC(C)NS(=O)(=O)Cc1ccc(C#N)cc1. The number of rotatable bonds is 7. The summed E-state index contributed by atoms with van der Waals surface area (Å²) < 4.78 is 26.8. The molecule has 5 heteroatoms. The first kappa shape index (κ1) is 16.7. The molecule has 4 nitrogen and oxygen atoms in total. The van der Waals surface area contributed by atoms with Gasteiger partial charge in [0.1, 0.15) is 0 Å². The quantitative estimate of drug-likeness (QED) is 0.840. The molecule has 0 spiro atoms. The number of nitriles is 1. The highest BCUT2D eigenvalue weighted by Crippen LogP contribution is 2.10. The lowest BCUT2D eigenvalue weighted by Gasteiger charge is -2.15. The third-order valence-electron chi connectivity index (χ3n) is 3.00. The van der Waals surface area contributed by atoms with Crippen molar-refractivity contribution in [2.75, 3.05) is 0 Å². The molecule has 0 fully saturated rings. The van der Waals surface area contributed by atoms with Crippen LogP contribution in [0.3, 0.4) is 0 Å². The minimum atomic E-state index is -3.33. The standard InChI is InChI=1S/C15H22N2O2S/c1-12(2)4-5-13(3)17-20(18,19)11-15-8-6-14(10-16)7-9-15/h6-9,12-13,17H,4-5,11H2,1-3H3. The molecule has 0 aromatic heterocycles. The fourth-order valence-corrected chi connectivity index (χ4v) is 3.33. The van der Waals surface area contributed by atoms with Crippen molar-refractivity contribution in [3.63, 3.8) is 0 Å². The van der Waals surface area contributed by atoms with Crippen molar-refractivity contribution in [1.29, 1.82) is 5.26 Å². The Morgan fingerprint density at radius 2 is 1.75 bits per heavy atom. The highest BCUT2D eigenvalue weighted by molar-refractivity contribution is 7.88. The lowest BCUT2D eigenvalue weighted by Crippen LogP contribution is -2.33. The molecule has 0 amide bonds. The minimum absolute atomic E-state index is 0.0509. The summed E-state index contributed by atoms with van der Waals surface area (Å²) in [6, 6.07) is 8.57. The largest absolute Gasteiger partial charge is 0.216 e. The van der Waals surface area contributed by atoms with E-state index in [1.165, 1.54) is 0 Å². The summed E-state index contributed by atoms with van der Waals surface area (Å²) in [5.41, 5.74) is 1.22. The molecule has 1 unspecified atom stereocenters. The summed E-state index contributed by atoms with van der Waals surface area (Å²) in [4.78, 5) is 0. The van der Waals surface area contributed by atoms with Gasteiger partial charge in [-0.05, 0) is 43.4 Å². The van der Waals surface area contributed by atoms with Gasteiger partial charge in [0.25, 0.3) is 0 Å². The van der Waals surface area contributed by atoms with Crippen LogP contribution in [0.25, 0.3) is 0 Å². The van der Waals surface area contributed by atoms with Gasteiger partial charge in [0, 0.05) is 6.04 Å². The van der Waals surface area contributed by atoms with Gasteiger partial charge in [-0.3, -0.25) is 0 Å². The number of hydrogen-bond acceptors (Lipinski definition) is 3. The van der Waals surface area contributed by atoms with Crippen LogP contribution in [0.5, 0.6) is 0 Å². The highest BCUT2D eigenvalue weighted by atomic mass is 32.2. The zero-order chi connectivity index (χ0) is 15.2. The molecule has 1 atom stereocenters. The number of hydrogen-bond donors (Lipinski definition) is 1. The van der Waals surface area contributed by atoms with Gasteiger partial charge in [-0.1, -0.05) is 26.0 Å². The van der Waals surface area contributed by atoms with E-state index in [2.05, 4.69) is 18.6 Å². The Morgan fingerprint density at radius 1 is 1.15 bits per heavy atom. The fraction of sp³-hybridized carbons (Fsp3) is 0.533. The van der Waals surface area contributed by atoms with Crippen molar-refractivity contribution in [2.24, 2.45) is 5.92 Å². The summed E-state index contributed by atoms with van der Waals surface area (Å²) in [7, 11) is -3.33. The molecule has 0 aliphatic rings. The van der Waals surface area contributed by atoms with Crippen molar-refractivity contribution in [3.8, 4) is 6.07 Å². The van der Waals surface area contributed by atoms with E-state index < -0.39 is 10.0 Å². The van der Waals surface area contributed by atoms with Crippen LogP contribution < -0.4 is 4.72 Å². The zero-order valence-electron chi connectivity index (χ0n) is 12.3. The lowest BCUT2D eigenvalue weighted by molar-refractivity contribution is 0.485. The topological polar surface area (TPSA) is 70.0 Å². The molecule has 0 saturated carbocycles. The first-order chi connectivity index (χ1) is 9.32. The molecule has 110 valence electrons. The molecule has 1 aromatic rings. The van der Waals surface area contributed by atoms with Crippen LogP contribution in [0, 0.1) is 17.2 Å². The molecule has 0 aliphatic carbocycles. The predicted octanol–water partition coefficient (Wildman–Crippen LogP) is 2.80. The van der Waals surface area contributed by atoms with Crippen LogP contribution in [-0.2, 0) is 15.8 Å². The molecule has 1 N–H and O–H groups in total. The normalized spacial score (nSPS) is 13.2. The average molecular weight is 294 g/mol. The van der Waals surface area contributed by atoms with Crippen LogP contribution in [0.4, 0.5) is 0 Å². The van der Waals surface area contributed by atoms with Crippen molar-refractivity contribution < 1.29 is 8.42 Å². The van der Waals surface area contributed by atoms with Gasteiger partial charge in [-0.2, -0.15) is 5.26 Å². The minimum Gasteiger partial charge on any atom is -0.212 e. The van der Waals surface area contributed by atoms with Gasteiger partial charge >= 0.3 is 0 Å². The van der Waals surface area contributed by atoms with Crippen LogP contribution in [0.2, 0.25) is 0 Å². The summed E-state index contributed by atoms with van der Waals surface area (Å²) >= 11 is 0. The van der Waals surface area contributed by atoms with Gasteiger partial charge in [0.05, 0.1) is 17.4 Å². The van der Waals surface area contributed by atoms with E-state index in [0.29, 0.717) is 17.0 Å². The molecule has 1 aromatic carbocycles. The second-order valence-corrected chi connectivity index (χ2v) is 7.31. The molecule has 0 radical (unpaired) electrons. The second kappa shape index (κ2) is 7.41. The third-order valence-corrected chi connectivity index (χ3v) is 4.47. The van der Waals surface area contributed by atoms with Crippen LogP contribution >= 0.6 is 0 Å². The molecule has 0 bridgehead atoms. The van der Waals surface area contributed by atoms with E-state index in [9.17, 15) is 8.42 Å². The van der Waals surface area contributed by atoms with E-state index in [1.54, 1.807) is 24.3 Å². The van der Waals surface area contributed by atoms with Gasteiger partial charge < -0.3 is 0 Å². The van der Waals surface area contributed by atoms with Crippen molar-refractivity contribution in [1.82, 2.24) is 4.72 Å². The maximum Gasteiger partial charge on any atom is 0.216 e. The summed E-state index contributed by atoms with van der Waals surface area (Å²) in [6.45, 7) is 6.13. The average Bonchev–Trinajstić information content (AvgIpc) is 2.36. The number of sulfonamides is 1. The Labute approximate surface area is 121 Å². The molecule has 1 rings (SSSR count). The lowest BCUT2D eigenvalue weighted by atomic mass is 10.1. The monoisotopic (exact) mass is 294 g/mol. The van der Waals surface area contributed by atoms with E-state index in [0.717, 1.165) is 12.8 Å². The molecule has 20 heavy (non-hydrogen) atoms. The third kappa shape index (κ3) is 6.18. The highest BCUT2D eigenvalue weighted by Gasteiger charge is 2.15. The fourth-order valence-electron chi connectivity index (χ4n) is 1.89. The maximum absolute atomic E-state index is 12.0. The second-order valence-electron chi connectivity index (χ2n) is 5.56. The van der Waals surface area contributed by atoms with E-state index in [4.69, 9.17) is 5.26 Å². The number of nitrogens with zero attached hydrogens (tertiary/aromatic N) is 1. The molecule has 0 aliphatic heterocycles. The maximum atomic E-state index is 12.0. The summed E-state index contributed by atoms with van der Waals surface area (Å²) in [5.74, 6) is 0.519. The number of nitrogens with one attached hydrogen (secondary N) is 1. The van der Waals surface area contributed by atoms with Crippen molar-refractivity contribution in [3.05, 3.63) is 35.4 Å². The van der Waals surface area contributed by atoms with E-state index >= 15 is 0 Å². The van der Waals surface area contributed by atoms with Crippen LogP contribution in [-0.4, -0.2) is 14.5 Å². The van der Waals surface area contributed by atoms with E-state index in [-0.39, 0.29) is 11.8 Å². The molecule has 0 saturated heterocycles. The molecule has 0 heterocycles. The Bertz CT molecular complexity index is 557. The molecular formula is C15H22N2O2S. The Balaban J connectivity index is 2.58. The first-order valence-corrected chi connectivity index (χ1v) is 8.46.